The molecule has 4 rings (SSSR count). The van der Waals surface area contributed by atoms with E-state index in [2.05, 4.69) is 6.92 Å². The minimum atomic E-state index is -0.190. The zero-order chi connectivity index (χ0) is 21.3. The van der Waals surface area contributed by atoms with Gasteiger partial charge in [0.25, 0.3) is 11.8 Å². The lowest BCUT2D eigenvalue weighted by molar-refractivity contribution is -0.122. The first-order valence-corrected chi connectivity index (χ1v) is 11.6. The van der Waals surface area contributed by atoms with Crippen LogP contribution in [0.3, 0.4) is 0 Å². The molecule has 2 aliphatic rings. The number of nitrogens with zero attached hydrogens (tertiary/aromatic N) is 2. The molecule has 0 aromatic heterocycles. The Morgan fingerprint density at radius 1 is 0.967 bits per heavy atom. The molecule has 0 atom stereocenters. The highest BCUT2D eigenvalue weighted by Crippen LogP contribution is 2.45. The molecule has 154 valence electrons. The number of hydrogen-bond donors (Lipinski definition) is 0. The maximum Gasteiger partial charge on any atom is 0.267 e. The number of amides is 2. The number of thioether (sulfide) groups is 1. The molecule has 2 amide bonds. The van der Waals surface area contributed by atoms with Crippen LogP contribution in [0.1, 0.15) is 37.3 Å². The maximum absolute atomic E-state index is 13.5. The van der Waals surface area contributed by atoms with Gasteiger partial charge in [-0.1, -0.05) is 91.7 Å². The summed E-state index contributed by atoms with van der Waals surface area (Å²) < 4.78 is 0.522. The van der Waals surface area contributed by atoms with E-state index < -0.39 is 0 Å². The summed E-state index contributed by atoms with van der Waals surface area (Å²) in [4.78, 5) is 30.4. The van der Waals surface area contributed by atoms with Gasteiger partial charge < -0.3 is 4.90 Å². The van der Waals surface area contributed by atoms with Gasteiger partial charge >= 0.3 is 0 Å². The summed E-state index contributed by atoms with van der Waals surface area (Å²) in [6.07, 6.45) is 3.00. The van der Waals surface area contributed by atoms with Gasteiger partial charge in [0.15, 0.2) is 0 Å². The highest BCUT2D eigenvalue weighted by atomic mass is 35.5. The number of hydrogen-bond acceptors (Lipinski definition) is 4. The molecule has 7 heteroatoms. The molecule has 30 heavy (non-hydrogen) atoms. The molecule has 0 radical (unpaired) electrons. The lowest BCUT2D eigenvalue weighted by Gasteiger charge is -2.18. The summed E-state index contributed by atoms with van der Waals surface area (Å²) in [5, 5.41) is 0.610. The molecule has 2 aromatic rings. The van der Waals surface area contributed by atoms with Gasteiger partial charge in [0.1, 0.15) is 4.32 Å². The van der Waals surface area contributed by atoms with Gasteiger partial charge in [0.05, 0.1) is 22.7 Å². The summed E-state index contributed by atoms with van der Waals surface area (Å²) in [5.41, 5.74) is 2.85. The van der Waals surface area contributed by atoms with Gasteiger partial charge in [-0.3, -0.25) is 14.5 Å². The second kappa shape index (κ2) is 8.92. The summed E-state index contributed by atoms with van der Waals surface area (Å²) in [5.74, 6) is -0.357. The Labute approximate surface area is 190 Å². The Hall–Kier alpha value is -2.15. The van der Waals surface area contributed by atoms with Gasteiger partial charge in [0, 0.05) is 17.1 Å². The standard InChI is InChI=1S/C23H21ClN2O2S2/c1-2-3-8-13-25-22(28)20(30-23(25)29)19-16-10-5-7-12-18(16)26(21(19)27)14-15-9-4-6-11-17(15)24/h4-7,9-12H,2-3,8,13-14H2,1H3/b20-19-. The fourth-order valence-corrected chi connectivity index (χ4v) is 5.29. The van der Waals surface area contributed by atoms with Crippen molar-refractivity contribution in [2.75, 3.05) is 11.4 Å². The van der Waals surface area contributed by atoms with Crippen LogP contribution in [0.15, 0.2) is 53.4 Å². The summed E-state index contributed by atoms with van der Waals surface area (Å²) in [6, 6.07) is 15.0. The van der Waals surface area contributed by atoms with Crippen LogP contribution in [0, 0.1) is 0 Å². The van der Waals surface area contributed by atoms with Crippen molar-refractivity contribution in [2.45, 2.75) is 32.7 Å². The number of carbonyl (C=O) groups is 2. The zero-order valence-corrected chi connectivity index (χ0v) is 18.9. The monoisotopic (exact) mass is 456 g/mol. The normalized spacial score (nSPS) is 18.5. The number of carbonyl (C=O) groups excluding carboxylic acids is 2. The third-order valence-electron chi connectivity index (χ3n) is 5.27. The predicted octanol–water partition coefficient (Wildman–Crippen LogP) is 5.65. The second-order valence-electron chi connectivity index (χ2n) is 7.24. The van der Waals surface area contributed by atoms with Gasteiger partial charge in [-0.05, 0) is 24.1 Å². The lowest BCUT2D eigenvalue weighted by Crippen LogP contribution is -2.30. The highest BCUT2D eigenvalue weighted by molar-refractivity contribution is 8.26. The topological polar surface area (TPSA) is 40.6 Å². The fourth-order valence-electron chi connectivity index (χ4n) is 3.72. The van der Waals surface area contributed by atoms with Crippen molar-refractivity contribution in [3.05, 3.63) is 69.6 Å². The van der Waals surface area contributed by atoms with E-state index in [4.69, 9.17) is 23.8 Å². The van der Waals surface area contributed by atoms with Gasteiger partial charge in [0.2, 0.25) is 0 Å². The molecule has 0 spiro atoms. The summed E-state index contributed by atoms with van der Waals surface area (Å²) in [6.45, 7) is 3.05. The van der Waals surface area contributed by atoms with Crippen LogP contribution in [-0.4, -0.2) is 27.6 Å². The van der Waals surface area contributed by atoms with E-state index in [1.54, 1.807) is 9.80 Å². The molecule has 0 aliphatic carbocycles. The molecule has 1 fully saturated rings. The number of benzene rings is 2. The van der Waals surface area contributed by atoms with E-state index >= 15 is 0 Å². The van der Waals surface area contributed by atoms with Crippen molar-refractivity contribution in [1.82, 2.24) is 4.90 Å². The molecule has 2 heterocycles. The Bertz CT molecular complexity index is 1070. The number of para-hydroxylation sites is 1. The van der Waals surface area contributed by atoms with E-state index in [0.29, 0.717) is 32.9 Å². The summed E-state index contributed by atoms with van der Waals surface area (Å²) >= 11 is 13.0. The van der Waals surface area contributed by atoms with E-state index in [0.717, 1.165) is 36.1 Å². The molecule has 0 saturated carbocycles. The fraction of sp³-hybridized carbons (Fsp3) is 0.261. The van der Waals surface area contributed by atoms with E-state index in [-0.39, 0.29) is 11.8 Å². The molecule has 0 unspecified atom stereocenters. The molecule has 0 N–H and O–H groups in total. The Morgan fingerprint density at radius 3 is 2.47 bits per heavy atom. The predicted molar refractivity (Wildman–Crippen MR) is 127 cm³/mol. The third-order valence-corrected chi connectivity index (χ3v) is 7.09. The first-order valence-electron chi connectivity index (χ1n) is 9.95. The molecule has 2 aromatic carbocycles. The van der Waals surface area contributed by atoms with Crippen molar-refractivity contribution in [2.24, 2.45) is 0 Å². The first kappa shape index (κ1) is 21.1. The Kier molecular flexibility index (Phi) is 6.27. The minimum Gasteiger partial charge on any atom is -0.303 e. The SMILES string of the molecule is CCCCCN1C(=O)/C(=C2/C(=O)N(Cc3ccccc3Cl)c3ccccc32)SC1=S. The summed E-state index contributed by atoms with van der Waals surface area (Å²) in [7, 11) is 0. The van der Waals surface area contributed by atoms with Crippen LogP contribution >= 0.6 is 35.6 Å². The zero-order valence-electron chi connectivity index (χ0n) is 16.6. The van der Waals surface area contributed by atoms with Crippen molar-refractivity contribution in [1.29, 1.82) is 0 Å². The van der Waals surface area contributed by atoms with Gasteiger partial charge in [-0.2, -0.15) is 0 Å². The average molecular weight is 457 g/mol. The minimum absolute atomic E-state index is 0.168. The first-order chi connectivity index (χ1) is 14.5. The van der Waals surface area contributed by atoms with Crippen LogP contribution in [0.25, 0.3) is 5.57 Å². The van der Waals surface area contributed by atoms with Crippen molar-refractivity contribution >= 4 is 63.0 Å². The molecular weight excluding hydrogens is 436 g/mol. The average Bonchev–Trinajstić information content (AvgIpc) is 3.17. The van der Waals surface area contributed by atoms with Crippen LogP contribution in [0.2, 0.25) is 5.02 Å². The van der Waals surface area contributed by atoms with Crippen LogP contribution in [0.4, 0.5) is 5.69 Å². The molecular formula is C23H21ClN2O2S2. The number of anilines is 1. The van der Waals surface area contributed by atoms with Crippen molar-refractivity contribution < 1.29 is 9.59 Å². The number of rotatable bonds is 6. The molecule has 1 saturated heterocycles. The lowest BCUT2D eigenvalue weighted by atomic mass is 10.1. The molecule has 0 bridgehead atoms. The Balaban J connectivity index is 1.71. The molecule has 4 nitrogen and oxygen atoms in total. The number of halogens is 1. The maximum atomic E-state index is 13.5. The van der Waals surface area contributed by atoms with Crippen LogP contribution < -0.4 is 4.90 Å². The molecule has 2 aliphatic heterocycles. The number of unbranched alkanes of at least 4 members (excludes halogenated alkanes) is 2. The largest absolute Gasteiger partial charge is 0.303 e. The van der Waals surface area contributed by atoms with Crippen molar-refractivity contribution in [3.8, 4) is 0 Å². The smallest absolute Gasteiger partial charge is 0.267 e. The van der Waals surface area contributed by atoms with E-state index in [1.165, 1.54) is 11.8 Å². The Morgan fingerprint density at radius 2 is 1.70 bits per heavy atom. The quantitative estimate of drug-likeness (QED) is 0.320. The van der Waals surface area contributed by atoms with Gasteiger partial charge in [-0.25, -0.2) is 0 Å². The number of fused-ring (bicyclic) bond motifs is 1. The third kappa shape index (κ3) is 3.80. The van der Waals surface area contributed by atoms with Crippen molar-refractivity contribution in [3.63, 3.8) is 0 Å². The van der Waals surface area contributed by atoms with E-state index in [9.17, 15) is 9.59 Å². The van der Waals surface area contributed by atoms with Gasteiger partial charge in [-0.15, -0.1) is 0 Å². The second-order valence-corrected chi connectivity index (χ2v) is 9.29. The number of thiocarbonyl (C=S) groups is 1. The van der Waals surface area contributed by atoms with Crippen LogP contribution in [0.5, 0.6) is 0 Å². The highest BCUT2D eigenvalue weighted by Gasteiger charge is 2.41. The van der Waals surface area contributed by atoms with E-state index in [1.807, 2.05) is 48.5 Å². The van der Waals surface area contributed by atoms with Crippen LogP contribution in [-0.2, 0) is 16.1 Å².